The molecule has 0 spiro atoms. The van der Waals surface area contributed by atoms with Crippen molar-refractivity contribution in [2.45, 2.75) is 194 Å². The summed E-state index contributed by atoms with van der Waals surface area (Å²) in [5.74, 6) is -0.170. The first-order valence-electron chi connectivity index (χ1n) is 21.8. The zero-order valence-corrected chi connectivity index (χ0v) is 33.5. The van der Waals surface area contributed by atoms with E-state index in [0.717, 1.165) is 84.2 Å². The van der Waals surface area contributed by atoms with Gasteiger partial charge >= 0.3 is 11.9 Å². The second kappa shape index (κ2) is 42.2. The summed E-state index contributed by atoms with van der Waals surface area (Å²) in [5, 5.41) is 6.99. The first-order valence-corrected chi connectivity index (χ1v) is 21.8. The summed E-state index contributed by atoms with van der Waals surface area (Å²) in [6.07, 6.45) is 33.4. The minimum atomic E-state index is -0.0848. The van der Waals surface area contributed by atoms with Crippen LogP contribution in [0.25, 0.3) is 0 Å². The molecule has 0 unspecified atom stereocenters. The lowest BCUT2D eigenvalue weighted by Crippen LogP contribution is -2.34. The van der Waals surface area contributed by atoms with Crippen LogP contribution in [-0.4, -0.2) is 82.4 Å². The van der Waals surface area contributed by atoms with Crippen LogP contribution in [0.1, 0.15) is 194 Å². The molecular formula is C42H86N4O4. The summed E-state index contributed by atoms with van der Waals surface area (Å²) in [4.78, 5) is 27.0. The minimum Gasteiger partial charge on any atom is -0.464 e. The largest absolute Gasteiger partial charge is 0.464 e. The van der Waals surface area contributed by atoms with E-state index < -0.39 is 0 Å². The summed E-state index contributed by atoms with van der Waals surface area (Å²) in [6, 6.07) is 0. The predicted octanol–water partition coefficient (Wildman–Crippen LogP) is 9.48. The molecule has 0 aliphatic carbocycles. The van der Waals surface area contributed by atoms with Crippen molar-refractivity contribution in [3.05, 3.63) is 0 Å². The van der Waals surface area contributed by atoms with Crippen molar-refractivity contribution in [2.24, 2.45) is 5.73 Å². The van der Waals surface area contributed by atoms with E-state index in [0.29, 0.717) is 39.1 Å². The van der Waals surface area contributed by atoms with E-state index in [4.69, 9.17) is 15.2 Å². The smallest absolute Gasteiger partial charge is 0.305 e. The molecule has 8 nitrogen and oxygen atoms in total. The van der Waals surface area contributed by atoms with Gasteiger partial charge in [0.2, 0.25) is 0 Å². The van der Waals surface area contributed by atoms with Gasteiger partial charge in [-0.25, -0.2) is 0 Å². The van der Waals surface area contributed by atoms with Crippen molar-refractivity contribution in [3.8, 4) is 0 Å². The van der Waals surface area contributed by atoms with Crippen molar-refractivity contribution in [3.63, 3.8) is 0 Å². The number of hydrogen-bond donors (Lipinski definition) is 3. The molecule has 0 amide bonds. The van der Waals surface area contributed by atoms with Gasteiger partial charge in [0.25, 0.3) is 0 Å². The summed E-state index contributed by atoms with van der Waals surface area (Å²) < 4.78 is 11.2. The second-order valence-corrected chi connectivity index (χ2v) is 14.6. The van der Waals surface area contributed by atoms with Gasteiger partial charge in [-0.3, -0.25) is 14.5 Å². The fourth-order valence-corrected chi connectivity index (χ4v) is 6.33. The number of hydrogen-bond acceptors (Lipinski definition) is 8. The summed E-state index contributed by atoms with van der Waals surface area (Å²) in [6.45, 7) is 12.3. The fourth-order valence-electron chi connectivity index (χ4n) is 6.33. The van der Waals surface area contributed by atoms with E-state index in [9.17, 15) is 9.59 Å². The summed E-state index contributed by atoms with van der Waals surface area (Å²) in [5.41, 5.74) is 5.54. The van der Waals surface area contributed by atoms with E-state index in [2.05, 4.69) is 29.4 Å². The highest BCUT2D eigenvalue weighted by Crippen LogP contribution is 2.13. The number of rotatable bonds is 42. The number of ether oxygens (including phenoxy) is 2. The molecule has 0 saturated heterocycles. The monoisotopic (exact) mass is 711 g/mol. The topological polar surface area (TPSA) is 106 Å². The summed E-state index contributed by atoms with van der Waals surface area (Å²) >= 11 is 0. The third kappa shape index (κ3) is 39.6. The molecule has 0 aromatic rings. The molecule has 0 saturated carbocycles. The molecule has 4 N–H and O–H groups in total. The molecule has 0 heterocycles. The molecule has 0 bridgehead atoms. The number of carbonyl (C=O) groups is 2. The first kappa shape index (κ1) is 48.8. The average molecular weight is 711 g/mol. The fraction of sp³-hybridized carbons (Fsp3) is 0.952. The van der Waals surface area contributed by atoms with E-state index in [1.807, 2.05) is 0 Å². The quantitative estimate of drug-likeness (QED) is 0.0425. The first-order chi connectivity index (χ1) is 24.6. The molecule has 8 heteroatoms. The highest BCUT2D eigenvalue weighted by atomic mass is 16.5. The standard InChI is InChI=1S/C42H86N4O4/c1-3-5-7-9-11-13-15-17-19-21-23-29-41(47)49-39-37-46(36-28-35-45-33-26-25-32-44-34-27-31-43)38-40-50-42(48)30-24-22-20-18-16-14-12-10-8-6-4-2/h44-45H,3-40,43H2,1-2H3. The van der Waals surface area contributed by atoms with E-state index in [1.165, 1.54) is 122 Å². The third-order valence-electron chi connectivity index (χ3n) is 9.65. The van der Waals surface area contributed by atoms with Crippen LogP contribution in [-0.2, 0) is 19.1 Å². The maximum atomic E-state index is 12.4. The van der Waals surface area contributed by atoms with Crippen molar-refractivity contribution in [2.75, 3.05) is 65.6 Å². The number of carbonyl (C=O) groups excluding carboxylic acids is 2. The van der Waals surface area contributed by atoms with Crippen LogP contribution < -0.4 is 16.4 Å². The Labute approximate surface area is 310 Å². The molecule has 0 aliphatic heterocycles. The molecule has 0 atom stereocenters. The van der Waals surface area contributed by atoms with Crippen molar-refractivity contribution in [1.29, 1.82) is 0 Å². The van der Waals surface area contributed by atoms with Gasteiger partial charge in [-0.2, -0.15) is 0 Å². The van der Waals surface area contributed by atoms with Gasteiger partial charge in [0.15, 0.2) is 0 Å². The number of nitrogens with zero attached hydrogens (tertiary/aromatic N) is 1. The number of nitrogens with two attached hydrogens (primary N) is 1. The Bertz CT molecular complexity index is 653. The Balaban J connectivity index is 4.14. The Morgan fingerprint density at radius 1 is 0.440 bits per heavy atom. The lowest BCUT2D eigenvalue weighted by molar-refractivity contribution is -0.144. The van der Waals surface area contributed by atoms with Crippen molar-refractivity contribution < 1.29 is 19.1 Å². The van der Waals surface area contributed by atoms with E-state index >= 15 is 0 Å². The maximum absolute atomic E-state index is 12.4. The Kier molecular flexibility index (Phi) is 41.2. The molecule has 0 rings (SSSR count). The van der Waals surface area contributed by atoms with Crippen LogP contribution in [0, 0.1) is 0 Å². The van der Waals surface area contributed by atoms with Crippen LogP contribution in [0.5, 0.6) is 0 Å². The van der Waals surface area contributed by atoms with Gasteiger partial charge in [-0.15, -0.1) is 0 Å². The Hall–Kier alpha value is -1.22. The minimum absolute atomic E-state index is 0.0848. The Morgan fingerprint density at radius 3 is 1.16 bits per heavy atom. The highest BCUT2D eigenvalue weighted by molar-refractivity contribution is 5.69. The molecule has 50 heavy (non-hydrogen) atoms. The van der Waals surface area contributed by atoms with E-state index in [1.54, 1.807) is 0 Å². The van der Waals surface area contributed by atoms with Crippen LogP contribution in [0.4, 0.5) is 0 Å². The van der Waals surface area contributed by atoms with Gasteiger partial charge < -0.3 is 25.8 Å². The van der Waals surface area contributed by atoms with Crippen molar-refractivity contribution >= 4 is 11.9 Å². The molecule has 0 fully saturated rings. The second-order valence-electron chi connectivity index (χ2n) is 14.6. The van der Waals surface area contributed by atoms with Gasteiger partial charge in [-0.1, -0.05) is 142 Å². The predicted molar refractivity (Wildman–Crippen MR) is 214 cm³/mol. The Morgan fingerprint density at radius 2 is 0.780 bits per heavy atom. The average Bonchev–Trinajstić information content (AvgIpc) is 3.11. The number of unbranched alkanes of at least 4 members (excludes halogenated alkanes) is 21. The van der Waals surface area contributed by atoms with Gasteiger partial charge in [-0.05, 0) is 77.8 Å². The lowest BCUT2D eigenvalue weighted by Gasteiger charge is -2.22. The molecule has 298 valence electrons. The van der Waals surface area contributed by atoms with Crippen molar-refractivity contribution in [1.82, 2.24) is 15.5 Å². The molecule has 0 radical (unpaired) electrons. The maximum Gasteiger partial charge on any atom is 0.305 e. The number of nitrogens with one attached hydrogen (secondary N) is 2. The molecule has 0 aliphatic rings. The van der Waals surface area contributed by atoms with Gasteiger partial charge in [0.1, 0.15) is 13.2 Å². The third-order valence-corrected chi connectivity index (χ3v) is 9.65. The normalized spacial score (nSPS) is 11.4. The highest BCUT2D eigenvalue weighted by Gasteiger charge is 2.10. The summed E-state index contributed by atoms with van der Waals surface area (Å²) in [7, 11) is 0. The SMILES string of the molecule is CCCCCCCCCCCCCC(=O)OCCN(CCCNCCCCNCCCN)CCOC(=O)CCCCCCCCCCCCC. The van der Waals surface area contributed by atoms with E-state index in [-0.39, 0.29) is 11.9 Å². The lowest BCUT2D eigenvalue weighted by atomic mass is 10.1. The van der Waals surface area contributed by atoms with Crippen LogP contribution in [0.2, 0.25) is 0 Å². The van der Waals surface area contributed by atoms with Crippen LogP contribution >= 0.6 is 0 Å². The zero-order valence-electron chi connectivity index (χ0n) is 33.5. The van der Waals surface area contributed by atoms with Gasteiger partial charge in [0, 0.05) is 25.9 Å². The molecule has 0 aromatic carbocycles. The van der Waals surface area contributed by atoms with Gasteiger partial charge in [0.05, 0.1) is 0 Å². The van der Waals surface area contributed by atoms with Crippen LogP contribution in [0.15, 0.2) is 0 Å². The molecule has 0 aromatic heterocycles. The molecular weight excluding hydrogens is 624 g/mol. The zero-order chi connectivity index (χ0) is 36.4. The number of esters is 2. The van der Waals surface area contributed by atoms with Crippen LogP contribution in [0.3, 0.4) is 0 Å².